The Kier molecular flexibility index (Phi) is 10.0. The Morgan fingerprint density at radius 2 is 0.805 bits per heavy atom. The topological polar surface area (TPSA) is 35.6 Å². The van der Waals surface area contributed by atoms with Gasteiger partial charge >= 0.3 is 0 Å². The molecule has 0 bridgehead atoms. The van der Waals surface area contributed by atoms with Gasteiger partial charge in [-0.3, -0.25) is 0 Å². The standard InChI is InChI=1S/C72H65BN4/c1-69(2,3)46-38-51(71(7,8)9)62-56(40-46)76-58-36-45(68-74-55-31-23-22-30-50(55)65(75-68)44-28-20-15-21-29-44)37-59-64(58)73(53-34-32-48(60(62)66(53)76)42-24-16-13-17-25-42)54-35-33-49(43-26-18-14-19-27-43)61-63-52(72(10,11)12)39-47(70(4,5)6)41-57(63)77(59)67(54)61/h13-41H,1-12H3. The molecule has 2 aliphatic heterocycles. The normalized spacial score (nSPS) is 13.4. The summed E-state index contributed by atoms with van der Waals surface area (Å²) in [5.41, 5.74) is 25.1. The molecule has 0 unspecified atom stereocenters. The van der Waals surface area contributed by atoms with Crippen LogP contribution >= 0.6 is 0 Å². The van der Waals surface area contributed by atoms with Gasteiger partial charge in [0.15, 0.2) is 5.82 Å². The van der Waals surface area contributed by atoms with E-state index in [0.29, 0.717) is 5.82 Å². The van der Waals surface area contributed by atoms with E-state index in [1.807, 2.05) is 0 Å². The van der Waals surface area contributed by atoms with Crippen LogP contribution in [0.15, 0.2) is 176 Å². The monoisotopic (exact) mass is 997 g/mol. The lowest BCUT2D eigenvalue weighted by molar-refractivity contribution is 0.572. The van der Waals surface area contributed by atoms with Crippen molar-refractivity contribution in [2.24, 2.45) is 0 Å². The molecule has 4 nitrogen and oxygen atoms in total. The second kappa shape index (κ2) is 16.3. The van der Waals surface area contributed by atoms with Gasteiger partial charge in [0, 0.05) is 49.4 Å². The van der Waals surface area contributed by atoms with E-state index >= 15 is 0 Å². The molecule has 0 aliphatic carbocycles. The predicted molar refractivity (Wildman–Crippen MR) is 329 cm³/mol. The molecule has 0 spiro atoms. The molecule has 376 valence electrons. The molecule has 0 N–H and O–H groups in total. The zero-order chi connectivity index (χ0) is 53.2. The first-order valence-electron chi connectivity index (χ1n) is 27.7. The van der Waals surface area contributed by atoms with Crippen molar-refractivity contribution in [3.8, 4) is 56.3 Å². The largest absolute Gasteiger partial charge is 0.310 e. The first kappa shape index (κ1) is 47.4. The number of rotatable bonds is 4. The lowest BCUT2D eigenvalue weighted by Gasteiger charge is -2.34. The van der Waals surface area contributed by atoms with Crippen LogP contribution in [0.25, 0.3) is 111 Å². The van der Waals surface area contributed by atoms with Crippen LogP contribution in [0.2, 0.25) is 0 Å². The van der Waals surface area contributed by atoms with E-state index in [1.54, 1.807) is 0 Å². The van der Waals surface area contributed by atoms with Gasteiger partial charge < -0.3 is 9.13 Å². The van der Waals surface area contributed by atoms with Crippen molar-refractivity contribution in [2.45, 2.75) is 105 Å². The summed E-state index contributed by atoms with van der Waals surface area (Å²) in [5, 5.41) is 6.32. The SMILES string of the molecule is CC(C)(C)c1cc(C(C)(C)C)c2c3c(-c4ccccc4)ccc4c3n(c2c1)-c1cc(-c2nc(-c3ccccc3)c3ccccc3n2)cc2c1B4c1ccc(-c3ccccc3)c3c4c(C(C)(C)C)cc(C(C)(C)C)cc4n-2c13. The first-order chi connectivity index (χ1) is 36.8. The number of hydrogen-bond donors (Lipinski definition) is 0. The smallest absolute Gasteiger partial charge is 0.252 e. The van der Waals surface area contributed by atoms with Gasteiger partial charge in [0.25, 0.3) is 6.71 Å². The quantitative estimate of drug-likeness (QED) is 0.165. The van der Waals surface area contributed by atoms with Gasteiger partial charge in [0.05, 0.1) is 33.3 Å². The van der Waals surface area contributed by atoms with Gasteiger partial charge in [-0.25, -0.2) is 9.97 Å². The van der Waals surface area contributed by atoms with Crippen molar-refractivity contribution >= 4 is 77.6 Å². The highest BCUT2D eigenvalue weighted by Gasteiger charge is 2.44. The number of aromatic nitrogens is 4. The Hall–Kier alpha value is -8.02. The second-order valence-corrected chi connectivity index (χ2v) is 26.2. The van der Waals surface area contributed by atoms with Crippen molar-refractivity contribution < 1.29 is 0 Å². The molecule has 0 saturated carbocycles. The fourth-order valence-corrected chi connectivity index (χ4v) is 13.2. The first-order valence-corrected chi connectivity index (χ1v) is 27.7. The summed E-state index contributed by atoms with van der Waals surface area (Å²) in [6.45, 7) is 28.5. The van der Waals surface area contributed by atoms with Gasteiger partial charge in [-0.2, -0.15) is 0 Å². The molecular weight excluding hydrogens is 932 g/mol. The summed E-state index contributed by atoms with van der Waals surface area (Å²) in [5.74, 6) is 0.711. The fourth-order valence-electron chi connectivity index (χ4n) is 13.2. The maximum absolute atomic E-state index is 5.65. The highest BCUT2D eigenvalue weighted by molar-refractivity contribution is 7.00. The van der Waals surface area contributed by atoms with Crippen LogP contribution in [-0.2, 0) is 21.7 Å². The third-order valence-electron chi connectivity index (χ3n) is 17.0. The number of hydrogen-bond acceptors (Lipinski definition) is 2. The zero-order valence-electron chi connectivity index (χ0n) is 46.6. The molecule has 0 atom stereocenters. The maximum atomic E-state index is 5.65. The Morgan fingerprint density at radius 1 is 0.377 bits per heavy atom. The molecule has 0 radical (unpaired) electrons. The van der Waals surface area contributed by atoms with Gasteiger partial charge in [-0.15, -0.1) is 0 Å². The average Bonchev–Trinajstić information content (AvgIpc) is 4.20. The van der Waals surface area contributed by atoms with Crippen LogP contribution in [0, 0.1) is 0 Å². The molecule has 0 amide bonds. The minimum Gasteiger partial charge on any atom is -0.310 e. The van der Waals surface area contributed by atoms with Gasteiger partial charge in [-0.1, -0.05) is 229 Å². The molecule has 0 saturated heterocycles. The summed E-state index contributed by atoms with van der Waals surface area (Å²) in [6.07, 6.45) is 0. The minimum absolute atomic E-state index is 0.0833. The summed E-state index contributed by atoms with van der Waals surface area (Å²) in [7, 11) is 0. The highest BCUT2D eigenvalue weighted by Crippen LogP contribution is 2.50. The van der Waals surface area contributed by atoms with Crippen LogP contribution < -0.4 is 16.4 Å². The van der Waals surface area contributed by atoms with E-state index in [1.165, 1.54) is 116 Å². The average molecular weight is 997 g/mol. The number of nitrogens with zero attached hydrogens (tertiary/aromatic N) is 4. The molecule has 5 heterocycles. The number of para-hydroxylation sites is 1. The molecule has 12 aromatic rings. The zero-order valence-corrected chi connectivity index (χ0v) is 46.6. The van der Waals surface area contributed by atoms with E-state index in [9.17, 15) is 0 Å². The lowest BCUT2D eigenvalue weighted by atomic mass is 9.34. The van der Waals surface area contributed by atoms with E-state index in [4.69, 9.17) is 9.97 Å². The van der Waals surface area contributed by atoms with Crippen LogP contribution in [0.1, 0.15) is 105 Å². The number of benzene rings is 9. The van der Waals surface area contributed by atoms with Crippen LogP contribution in [-0.4, -0.2) is 25.8 Å². The van der Waals surface area contributed by atoms with Crippen LogP contribution in [0.4, 0.5) is 0 Å². The molecule has 0 fully saturated rings. The van der Waals surface area contributed by atoms with Crippen LogP contribution in [0.3, 0.4) is 0 Å². The summed E-state index contributed by atoms with van der Waals surface area (Å²) in [4.78, 5) is 11.2. The second-order valence-electron chi connectivity index (χ2n) is 26.2. The molecule has 3 aromatic heterocycles. The predicted octanol–water partition coefficient (Wildman–Crippen LogP) is 16.8. The van der Waals surface area contributed by atoms with E-state index in [-0.39, 0.29) is 28.4 Å². The lowest BCUT2D eigenvalue weighted by Crippen LogP contribution is -2.59. The Labute approximate surface area is 453 Å². The van der Waals surface area contributed by atoms with Gasteiger partial charge in [0.2, 0.25) is 0 Å². The third-order valence-corrected chi connectivity index (χ3v) is 17.0. The van der Waals surface area contributed by atoms with Crippen molar-refractivity contribution in [1.29, 1.82) is 0 Å². The molecule has 77 heavy (non-hydrogen) atoms. The molecule has 14 rings (SSSR count). The number of fused-ring (bicyclic) bond motifs is 11. The van der Waals surface area contributed by atoms with Crippen molar-refractivity contribution in [1.82, 2.24) is 19.1 Å². The summed E-state index contributed by atoms with van der Waals surface area (Å²) in [6, 6.07) is 66.2. The maximum Gasteiger partial charge on any atom is 0.252 e. The molecule has 9 aromatic carbocycles. The summed E-state index contributed by atoms with van der Waals surface area (Å²) < 4.78 is 5.37. The van der Waals surface area contributed by atoms with Crippen molar-refractivity contribution in [2.75, 3.05) is 0 Å². The Morgan fingerprint density at radius 3 is 1.25 bits per heavy atom. The minimum atomic E-state index is -0.168. The summed E-state index contributed by atoms with van der Waals surface area (Å²) >= 11 is 0. The Bertz CT molecular complexity index is 4230. The Balaban J connectivity index is 1.24. The molecule has 5 heteroatoms. The van der Waals surface area contributed by atoms with Gasteiger partial charge in [-0.05, 0) is 113 Å². The van der Waals surface area contributed by atoms with Crippen molar-refractivity contribution in [3.05, 3.63) is 198 Å². The molecule has 2 aliphatic rings. The third kappa shape index (κ3) is 7.04. The van der Waals surface area contributed by atoms with Crippen molar-refractivity contribution in [3.63, 3.8) is 0 Å². The van der Waals surface area contributed by atoms with E-state index < -0.39 is 0 Å². The highest BCUT2D eigenvalue weighted by atomic mass is 15.0. The van der Waals surface area contributed by atoms with Gasteiger partial charge in [0.1, 0.15) is 0 Å². The fraction of sp³-hybridized carbons (Fsp3) is 0.222. The molecular formula is C72H65BN4. The van der Waals surface area contributed by atoms with Crippen LogP contribution in [0.5, 0.6) is 0 Å². The van der Waals surface area contributed by atoms with E-state index in [2.05, 4.69) is 268 Å². The van der Waals surface area contributed by atoms with E-state index in [0.717, 1.165) is 27.7 Å².